The molecule has 5 rings (SSSR count). The number of hydrogen-bond donors (Lipinski definition) is 1. The van der Waals surface area contributed by atoms with Gasteiger partial charge >= 0.3 is 6.18 Å². The van der Waals surface area contributed by atoms with Crippen LogP contribution in [0.4, 0.5) is 22.0 Å². The van der Waals surface area contributed by atoms with Gasteiger partial charge in [0.2, 0.25) is 0 Å². The largest absolute Gasteiger partial charge is 0.497 e. The first-order valence-corrected chi connectivity index (χ1v) is 13.2. The average Bonchev–Trinajstić information content (AvgIpc) is 3.42. The maximum atomic E-state index is 14.4. The second kappa shape index (κ2) is 12.9. The molecule has 8 nitrogen and oxygen atoms in total. The third-order valence-electron chi connectivity index (χ3n) is 7.29. The highest BCUT2D eigenvalue weighted by Crippen LogP contribution is 2.37. The van der Waals surface area contributed by atoms with Gasteiger partial charge in [0.1, 0.15) is 22.9 Å². The summed E-state index contributed by atoms with van der Waals surface area (Å²) in [5, 5.41) is 13.8. The molecular weight excluding hydrogens is 573 g/mol. The van der Waals surface area contributed by atoms with E-state index in [9.17, 15) is 31.9 Å². The van der Waals surface area contributed by atoms with Crippen LogP contribution in [0.2, 0.25) is 0 Å². The Morgan fingerprint density at radius 2 is 1.65 bits per heavy atom. The molecule has 0 spiro atoms. The number of carbonyl (C=O) groups is 1. The summed E-state index contributed by atoms with van der Waals surface area (Å²) < 4.78 is 77.2. The molecule has 0 unspecified atom stereocenters. The maximum absolute atomic E-state index is 14.4. The molecule has 0 aliphatic carbocycles. The zero-order valence-corrected chi connectivity index (χ0v) is 23.5. The monoisotopic (exact) mass is 603 g/mol. The molecule has 2 aromatic heterocycles. The zero-order valence-electron chi connectivity index (χ0n) is 23.5. The Hall–Kier alpha value is -4.36. The Bertz CT molecular complexity index is 1580. The van der Waals surface area contributed by atoms with Crippen LogP contribution in [0, 0.1) is 18.6 Å². The van der Waals surface area contributed by atoms with Gasteiger partial charge < -0.3 is 14.7 Å². The number of amides is 1. The van der Waals surface area contributed by atoms with Crippen molar-refractivity contribution >= 4 is 11.6 Å². The van der Waals surface area contributed by atoms with Crippen molar-refractivity contribution in [3.8, 4) is 17.0 Å². The lowest BCUT2D eigenvalue weighted by Crippen LogP contribution is -2.50. The molecule has 1 aliphatic heterocycles. The van der Waals surface area contributed by atoms with E-state index in [1.807, 2.05) is 0 Å². The molecule has 1 amide bonds. The Morgan fingerprint density at radius 1 is 1.05 bits per heavy atom. The van der Waals surface area contributed by atoms with Crippen LogP contribution in [0.25, 0.3) is 16.9 Å². The number of alkyl halides is 3. The normalized spacial score (nSPS) is 14.7. The van der Waals surface area contributed by atoms with Gasteiger partial charge in [-0.3, -0.25) is 9.69 Å². The number of aliphatic hydroxyl groups is 1. The van der Waals surface area contributed by atoms with Gasteiger partial charge in [0, 0.05) is 42.9 Å². The predicted octanol–water partition coefficient (Wildman–Crippen LogP) is 5.30. The molecule has 1 saturated heterocycles. The highest BCUT2D eigenvalue weighted by Gasteiger charge is 2.39. The highest BCUT2D eigenvalue weighted by atomic mass is 19.4. The number of carbonyl (C=O) groups excluding carboxylic acids is 1. The lowest BCUT2D eigenvalue weighted by Gasteiger charge is -2.38. The molecule has 1 aliphatic rings. The number of methoxy groups -OCH3 is 1. The molecule has 4 aromatic rings. The van der Waals surface area contributed by atoms with Crippen LogP contribution in [0.3, 0.4) is 0 Å². The van der Waals surface area contributed by atoms with E-state index in [1.165, 1.54) is 25.0 Å². The van der Waals surface area contributed by atoms with Crippen LogP contribution in [-0.2, 0) is 6.18 Å². The summed E-state index contributed by atoms with van der Waals surface area (Å²) in [5.74, 6) is -1.64. The van der Waals surface area contributed by atoms with Crippen LogP contribution in [0.15, 0.2) is 61.8 Å². The molecule has 1 atom stereocenters. The summed E-state index contributed by atoms with van der Waals surface area (Å²) in [5.41, 5.74) is -1.37. The van der Waals surface area contributed by atoms with Crippen molar-refractivity contribution in [1.82, 2.24) is 24.4 Å². The Morgan fingerprint density at radius 3 is 2.19 bits per heavy atom. The first kappa shape index (κ1) is 31.6. The van der Waals surface area contributed by atoms with E-state index >= 15 is 0 Å². The number of aromatic nitrogens is 3. The topological polar surface area (TPSA) is 83.2 Å². The minimum absolute atomic E-state index is 0.0459. The van der Waals surface area contributed by atoms with Crippen molar-refractivity contribution < 1.29 is 36.6 Å². The van der Waals surface area contributed by atoms with Crippen LogP contribution in [0.5, 0.6) is 5.75 Å². The third-order valence-corrected chi connectivity index (χ3v) is 7.29. The van der Waals surface area contributed by atoms with Crippen LogP contribution >= 0.6 is 0 Å². The lowest BCUT2D eigenvalue weighted by atomic mass is 10.0. The van der Waals surface area contributed by atoms with Crippen LogP contribution < -0.4 is 4.74 Å². The van der Waals surface area contributed by atoms with Gasteiger partial charge in [0.25, 0.3) is 5.91 Å². The molecule has 228 valence electrons. The van der Waals surface area contributed by atoms with Crippen molar-refractivity contribution in [2.24, 2.45) is 0 Å². The molecule has 2 aromatic carbocycles. The fourth-order valence-corrected chi connectivity index (χ4v) is 5.21. The maximum Gasteiger partial charge on any atom is 0.433 e. The summed E-state index contributed by atoms with van der Waals surface area (Å²) in [6.07, 6.45) is -3.72. The first-order valence-electron chi connectivity index (χ1n) is 13.2. The fourth-order valence-electron chi connectivity index (χ4n) is 5.21. The summed E-state index contributed by atoms with van der Waals surface area (Å²) in [6, 6.07) is 8.85. The lowest BCUT2D eigenvalue weighted by molar-refractivity contribution is -0.143. The van der Waals surface area contributed by atoms with E-state index in [2.05, 4.69) is 23.2 Å². The molecule has 0 saturated carbocycles. The fraction of sp³-hybridized carbons (Fsp3) is 0.300. The Balaban J connectivity index is 0.00000207. The van der Waals surface area contributed by atoms with Gasteiger partial charge in [-0.1, -0.05) is 6.07 Å². The Kier molecular flexibility index (Phi) is 9.46. The third kappa shape index (κ3) is 6.09. The van der Waals surface area contributed by atoms with Gasteiger partial charge in [-0.05, 0) is 43.3 Å². The highest BCUT2D eigenvalue weighted by molar-refractivity contribution is 6.00. The Labute approximate surface area is 244 Å². The number of halogens is 5. The minimum atomic E-state index is -4.79. The molecule has 13 heteroatoms. The summed E-state index contributed by atoms with van der Waals surface area (Å²) >= 11 is 0. The summed E-state index contributed by atoms with van der Waals surface area (Å²) in [6.45, 7) is 7.30. The van der Waals surface area contributed by atoms with Crippen molar-refractivity contribution in [3.63, 3.8) is 0 Å². The molecule has 1 N–H and O–H groups in total. The van der Waals surface area contributed by atoms with E-state index in [-0.39, 0.29) is 54.2 Å². The van der Waals surface area contributed by atoms with Crippen LogP contribution in [0.1, 0.15) is 33.2 Å². The smallest absolute Gasteiger partial charge is 0.433 e. The summed E-state index contributed by atoms with van der Waals surface area (Å²) in [4.78, 5) is 21.1. The number of ether oxygens (including phenoxy) is 1. The summed E-state index contributed by atoms with van der Waals surface area (Å²) in [7, 11) is 1.47. The van der Waals surface area contributed by atoms with Gasteiger partial charge in [0.15, 0.2) is 11.3 Å². The second-order valence-corrected chi connectivity index (χ2v) is 9.62. The van der Waals surface area contributed by atoms with Crippen molar-refractivity contribution in [3.05, 3.63) is 95.8 Å². The van der Waals surface area contributed by atoms with Gasteiger partial charge in [-0.2, -0.15) is 18.3 Å². The second-order valence-electron chi connectivity index (χ2n) is 9.62. The number of aliphatic hydroxyl groups excluding tert-OH is 1. The zero-order chi connectivity index (χ0) is 31.5. The van der Waals surface area contributed by atoms with E-state index in [0.29, 0.717) is 15.8 Å². The van der Waals surface area contributed by atoms with E-state index in [1.54, 1.807) is 29.2 Å². The van der Waals surface area contributed by atoms with E-state index in [0.717, 1.165) is 18.3 Å². The molecule has 0 radical (unpaired) electrons. The standard InChI is InChI=1S/C28H26F5N5O3.C2H4/c1-16-24(17-6-8-18(41-2)9-7-17)35-26-19(14-34-38(26)25(16)28(31,32)33)27(40)37-12-10-36(11-13-37)22(15-39)23-20(29)4-3-5-21(23)30;1-2/h3-9,14,22,39H,10-13,15H2,1-2H3;1-2H2/t22-;/m1./s1. The van der Waals surface area contributed by atoms with Crippen molar-refractivity contribution in [2.75, 3.05) is 39.9 Å². The van der Waals surface area contributed by atoms with Crippen LogP contribution in [-0.4, -0.2) is 75.3 Å². The molecule has 43 heavy (non-hydrogen) atoms. The quantitative estimate of drug-likeness (QED) is 0.238. The average molecular weight is 604 g/mol. The molecular formula is C30H30F5N5O3. The van der Waals surface area contributed by atoms with E-state index in [4.69, 9.17) is 4.74 Å². The van der Waals surface area contributed by atoms with Crippen molar-refractivity contribution in [2.45, 2.75) is 19.1 Å². The van der Waals surface area contributed by atoms with Crippen molar-refractivity contribution in [1.29, 1.82) is 0 Å². The molecule has 3 heterocycles. The first-order chi connectivity index (χ1) is 20.5. The minimum Gasteiger partial charge on any atom is -0.497 e. The van der Waals surface area contributed by atoms with E-state index < -0.39 is 42.1 Å². The predicted molar refractivity (Wildman–Crippen MR) is 150 cm³/mol. The molecule has 0 bridgehead atoms. The number of fused-ring (bicyclic) bond motifs is 1. The number of benzene rings is 2. The number of nitrogens with zero attached hydrogens (tertiary/aromatic N) is 5. The number of hydrogen-bond acceptors (Lipinski definition) is 6. The van der Waals surface area contributed by atoms with Gasteiger partial charge in [-0.15, -0.1) is 13.2 Å². The number of rotatable bonds is 6. The molecule has 1 fully saturated rings. The SMILES string of the molecule is C=C.COc1ccc(-c2nc3c(C(=O)N4CCN([C@H](CO)c5c(F)cccc5F)CC4)cnn3c(C(F)(F)F)c2C)cc1. The van der Waals surface area contributed by atoms with Gasteiger partial charge in [0.05, 0.1) is 31.6 Å². The number of piperazine rings is 1. The van der Waals surface area contributed by atoms with Gasteiger partial charge in [-0.25, -0.2) is 18.3 Å².